The van der Waals surface area contributed by atoms with E-state index in [-0.39, 0.29) is 0 Å². The Labute approximate surface area is 114 Å². The van der Waals surface area contributed by atoms with Crippen molar-refractivity contribution >= 4 is 0 Å². The molecule has 1 heterocycles. The van der Waals surface area contributed by atoms with Crippen molar-refractivity contribution in [2.24, 2.45) is 5.92 Å². The summed E-state index contributed by atoms with van der Waals surface area (Å²) in [4.78, 5) is 2.64. The molecule has 2 N–H and O–H groups in total. The number of rotatable bonds is 12. The molecule has 1 aliphatic rings. The van der Waals surface area contributed by atoms with Crippen LogP contribution in [0.2, 0.25) is 0 Å². The molecule has 3 nitrogen and oxygen atoms in total. The molecular formula is C15H33N3. The maximum atomic E-state index is 3.43. The highest BCUT2D eigenvalue weighted by molar-refractivity contribution is 4.74. The van der Waals surface area contributed by atoms with Crippen LogP contribution in [0.1, 0.15) is 46.0 Å². The zero-order valence-corrected chi connectivity index (χ0v) is 12.5. The van der Waals surface area contributed by atoms with Gasteiger partial charge in [0.1, 0.15) is 0 Å². The van der Waals surface area contributed by atoms with E-state index in [0.29, 0.717) is 0 Å². The maximum absolute atomic E-state index is 3.43. The molecule has 1 aliphatic heterocycles. The Morgan fingerprint density at radius 2 is 1.83 bits per heavy atom. The highest BCUT2D eigenvalue weighted by atomic mass is 15.1. The molecule has 0 aromatic rings. The van der Waals surface area contributed by atoms with Gasteiger partial charge in [-0.2, -0.15) is 0 Å². The van der Waals surface area contributed by atoms with E-state index < -0.39 is 0 Å². The minimum absolute atomic E-state index is 0.982. The molecule has 108 valence electrons. The number of likely N-dealkylation sites (N-methyl/N-ethyl adjacent to an activating group) is 1. The van der Waals surface area contributed by atoms with Crippen LogP contribution in [-0.4, -0.2) is 50.7 Å². The second-order valence-electron chi connectivity index (χ2n) is 5.57. The largest absolute Gasteiger partial charge is 0.316 e. The van der Waals surface area contributed by atoms with Gasteiger partial charge in [-0.15, -0.1) is 0 Å². The predicted octanol–water partition coefficient (Wildman–Crippen LogP) is 2.09. The monoisotopic (exact) mass is 255 g/mol. The van der Waals surface area contributed by atoms with Crippen molar-refractivity contribution in [1.29, 1.82) is 0 Å². The lowest BCUT2D eigenvalue weighted by atomic mass is 9.96. The summed E-state index contributed by atoms with van der Waals surface area (Å²) in [5.74, 6) is 0.982. The van der Waals surface area contributed by atoms with Crippen molar-refractivity contribution in [2.45, 2.75) is 46.0 Å². The van der Waals surface area contributed by atoms with Crippen LogP contribution < -0.4 is 10.6 Å². The molecular weight excluding hydrogens is 222 g/mol. The number of hydrogen-bond acceptors (Lipinski definition) is 3. The first-order valence-corrected chi connectivity index (χ1v) is 8.00. The highest BCUT2D eigenvalue weighted by Crippen LogP contribution is 2.12. The van der Waals surface area contributed by atoms with Gasteiger partial charge >= 0.3 is 0 Å². The zero-order chi connectivity index (χ0) is 13.1. The lowest BCUT2D eigenvalue weighted by molar-refractivity contribution is 0.253. The second-order valence-corrected chi connectivity index (χ2v) is 5.57. The van der Waals surface area contributed by atoms with Gasteiger partial charge in [-0.3, -0.25) is 0 Å². The first-order valence-electron chi connectivity index (χ1n) is 8.00. The van der Waals surface area contributed by atoms with Gasteiger partial charge in [0.05, 0.1) is 0 Å². The van der Waals surface area contributed by atoms with Crippen molar-refractivity contribution < 1.29 is 0 Å². The van der Waals surface area contributed by atoms with Crippen LogP contribution in [0.15, 0.2) is 0 Å². The Bertz CT molecular complexity index is 181. The van der Waals surface area contributed by atoms with Gasteiger partial charge in [-0.1, -0.05) is 26.7 Å². The summed E-state index contributed by atoms with van der Waals surface area (Å²) < 4.78 is 0. The third kappa shape index (κ3) is 7.34. The van der Waals surface area contributed by atoms with Gasteiger partial charge < -0.3 is 15.5 Å². The minimum atomic E-state index is 0.982. The average Bonchev–Trinajstić information content (AvgIpc) is 2.32. The van der Waals surface area contributed by atoms with Gasteiger partial charge in [-0.05, 0) is 57.9 Å². The van der Waals surface area contributed by atoms with E-state index in [1.165, 1.54) is 64.8 Å². The van der Waals surface area contributed by atoms with Crippen LogP contribution in [0.4, 0.5) is 0 Å². The van der Waals surface area contributed by atoms with E-state index in [1.54, 1.807) is 0 Å². The summed E-state index contributed by atoms with van der Waals surface area (Å²) in [6, 6.07) is 0. The van der Waals surface area contributed by atoms with Gasteiger partial charge in [0.25, 0.3) is 0 Å². The summed E-state index contributed by atoms with van der Waals surface area (Å²) in [5, 5.41) is 6.79. The molecule has 1 saturated heterocycles. The maximum Gasteiger partial charge on any atom is 0.0107 e. The quantitative estimate of drug-likeness (QED) is 0.523. The molecule has 1 rings (SSSR count). The topological polar surface area (TPSA) is 27.3 Å². The molecule has 3 heteroatoms. The summed E-state index contributed by atoms with van der Waals surface area (Å²) in [6.45, 7) is 13.0. The van der Waals surface area contributed by atoms with E-state index in [9.17, 15) is 0 Å². The normalized spacial score (nSPS) is 16.2. The summed E-state index contributed by atoms with van der Waals surface area (Å²) in [6.07, 6.45) is 6.88. The number of unbranched alkanes of at least 4 members (excludes halogenated alkanes) is 2. The lowest BCUT2D eigenvalue weighted by Crippen LogP contribution is -2.41. The summed E-state index contributed by atoms with van der Waals surface area (Å²) in [5.41, 5.74) is 0. The smallest absolute Gasteiger partial charge is 0.0107 e. The molecule has 0 unspecified atom stereocenters. The Balaban J connectivity index is 2.01. The van der Waals surface area contributed by atoms with Crippen molar-refractivity contribution in [2.75, 3.05) is 45.8 Å². The van der Waals surface area contributed by atoms with Gasteiger partial charge in [0.15, 0.2) is 0 Å². The third-order valence-corrected chi connectivity index (χ3v) is 3.89. The van der Waals surface area contributed by atoms with Gasteiger partial charge in [-0.25, -0.2) is 0 Å². The van der Waals surface area contributed by atoms with Gasteiger partial charge in [0, 0.05) is 13.1 Å². The fraction of sp³-hybridized carbons (Fsp3) is 1.00. The van der Waals surface area contributed by atoms with Crippen LogP contribution in [0.5, 0.6) is 0 Å². The van der Waals surface area contributed by atoms with E-state index in [4.69, 9.17) is 0 Å². The molecule has 0 spiro atoms. The molecule has 0 saturated carbocycles. The number of nitrogens with one attached hydrogen (secondary N) is 2. The van der Waals surface area contributed by atoms with E-state index in [1.807, 2.05) is 0 Å². The molecule has 0 radical (unpaired) electrons. The fourth-order valence-electron chi connectivity index (χ4n) is 2.45. The SMILES string of the molecule is CCCCN(CCCCC1CNC1)CCNCC. The molecule has 0 aliphatic carbocycles. The number of nitrogens with zero attached hydrogens (tertiary/aromatic N) is 1. The second kappa shape index (κ2) is 10.8. The Hall–Kier alpha value is -0.120. The van der Waals surface area contributed by atoms with Crippen LogP contribution in [0.25, 0.3) is 0 Å². The van der Waals surface area contributed by atoms with E-state index in [0.717, 1.165) is 19.0 Å². The molecule has 0 aromatic carbocycles. The standard InChI is InChI=1S/C15H33N3/c1-3-5-10-18(12-9-16-4-2)11-7-6-8-15-13-17-14-15/h15-17H,3-14H2,1-2H3. The first kappa shape index (κ1) is 15.9. The first-order chi connectivity index (χ1) is 8.86. The van der Waals surface area contributed by atoms with Crippen molar-refractivity contribution in [1.82, 2.24) is 15.5 Å². The molecule has 1 fully saturated rings. The van der Waals surface area contributed by atoms with Crippen LogP contribution in [-0.2, 0) is 0 Å². The van der Waals surface area contributed by atoms with Crippen molar-refractivity contribution in [3.8, 4) is 0 Å². The predicted molar refractivity (Wildman–Crippen MR) is 80.1 cm³/mol. The Kier molecular flexibility index (Phi) is 9.54. The van der Waals surface area contributed by atoms with Crippen LogP contribution in [0, 0.1) is 5.92 Å². The highest BCUT2D eigenvalue weighted by Gasteiger charge is 2.15. The van der Waals surface area contributed by atoms with E-state index >= 15 is 0 Å². The summed E-state index contributed by atoms with van der Waals surface area (Å²) in [7, 11) is 0. The van der Waals surface area contributed by atoms with Gasteiger partial charge in [0.2, 0.25) is 0 Å². The Morgan fingerprint density at radius 1 is 1.06 bits per heavy atom. The zero-order valence-electron chi connectivity index (χ0n) is 12.5. The molecule has 0 aromatic heterocycles. The van der Waals surface area contributed by atoms with Crippen LogP contribution in [0.3, 0.4) is 0 Å². The minimum Gasteiger partial charge on any atom is -0.316 e. The third-order valence-electron chi connectivity index (χ3n) is 3.89. The lowest BCUT2D eigenvalue weighted by Gasteiger charge is -2.27. The molecule has 0 bridgehead atoms. The summed E-state index contributed by atoms with van der Waals surface area (Å²) >= 11 is 0. The van der Waals surface area contributed by atoms with Crippen molar-refractivity contribution in [3.63, 3.8) is 0 Å². The fourth-order valence-corrected chi connectivity index (χ4v) is 2.45. The van der Waals surface area contributed by atoms with Crippen LogP contribution >= 0.6 is 0 Å². The number of hydrogen-bond donors (Lipinski definition) is 2. The average molecular weight is 255 g/mol. The molecule has 0 amide bonds. The Morgan fingerprint density at radius 3 is 2.44 bits per heavy atom. The molecule has 18 heavy (non-hydrogen) atoms. The van der Waals surface area contributed by atoms with Crippen molar-refractivity contribution in [3.05, 3.63) is 0 Å². The molecule has 0 atom stereocenters. The van der Waals surface area contributed by atoms with E-state index in [2.05, 4.69) is 29.4 Å².